The zero-order valence-electron chi connectivity index (χ0n) is 17.1. The monoisotopic (exact) mass is 466 g/mol. The summed E-state index contributed by atoms with van der Waals surface area (Å²) >= 11 is 1.40. The molecule has 170 valence electrons. The van der Waals surface area contributed by atoms with Gasteiger partial charge >= 0.3 is 6.36 Å². The van der Waals surface area contributed by atoms with Gasteiger partial charge in [0, 0.05) is 36.6 Å². The number of rotatable bonds is 7. The second-order valence-electron chi connectivity index (χ2n) is 6.95. The highest BCUT2D eigenvalue weighted by atomic mass is 32.1. The fourth-order valence-corrected chi connectivity index (χ4v) is 3.71. The maximum atomic E-state index is 12.7. The molecule has 11 heteroatoms. The quantitative estimate of drug-likeness (QED) is 0.474. The predicted octanol–water partition coefficient (Wildman–Crippen LogP) is 4.02. The summed E-state index contributed by atoms with van der Waals surface area (Å²) in [5.74, 6) is -0.360. The molecule has 1 aliphatic rings. The summed E-state index contributed by atoms with van der Waals surface area (Å²) in [4.78, 5) is 23.4. The lowest BCUT2D eigenvalue weighted by Crippen LogP contribution is -2.25. The Morgan fingerprint density at radius 1 is 1.41 bits per heavy atom. The molecule has 0 bridgehead atoms. The number of halogens is 3. The van der Waals surface area contributed by atoms with Gasteiger partial charge in [-0.15, -0.1) is 24.5 Å². The van der Waals surface area contributed by atoms with Crippen molar-refractivity contribution in [3.63, 3.8) is 0 Å². The van der Waals surface area contributed by atoms with Crippen molar-refractivity contribution in [3.05, 3.63) is 65.7 Å². The molecule has 3 heterocycles. The minimum Gasteiger partial charge on any atom is -0.406 e. The standard InChI is InChI=1S/C21H21F3N4O3S/c1-3-16(31-21(22,23)24)5-4-13(2)27-19(30)14-10-17(20-25-7-9-32-20)18(26-11-14)28-8-6-15(29)12-28/h3-5,7,9-11,15,29H,1,6,8,12H2,2H3,(H,27,30)/b13-4+,16-5+/t15-/m1/s1. The molecule has 1 atom stereocenters. The summed E-state index contributed by atoms with van der Waals surface area (Å²) in [6.07, 6.45) is 1.65. The number of β-amino-alcohol motifs (C(OH)–C–C–N with tert-alkyl or cyclic N) is 1. The van der Waals surface area contributed by atoms with Crippen molar-refractivity contribution in [1.29, 1.82) is 0 Å². The molecule has 0 spiro atoms. The van der Waals surface area contributed by atoms with Gasteiger partial charge in [0.15, 0.2) is 0 Å². The molecule has 0 saturated carbocycles. The smallest absolute Gasteiger partial charge is 0.406 e. The fourth-order valence-electron chi connectivity index (χ4n) is 3.06. The van der Waals surface area contributed by atoms with Crippen molar-refractivity contribution in [2.75, 3.05) is 18.0 Å². The van der Waals surface area contributed by atoms with Crippen LogP contribution in [0.15, 0.2) is 60.1 Å². The van der Waals surface area contributed by atoms with Crippen LogP contribution in [-0.4, -0.2) is 46.5 Å². The average molecular weight is 466 g/mol. The number of anilines is 1. The number of allylic oxidation sites excluding steroid dienone is 4. The van der Waals surface area contributed by atoms with Crippen molar-refractivity contribution >= 4 is 23.1 Å². The van der Waals surface area contributed by atoms with E-state index in [1.807, 2.05) is 10.3 Å². The van der Waals surface area contributed by atoms with E-state index < -0.39 is 24.1 Å². The Labute approximate surface area is 186 Å². The first-order chi connectivity index (χ1) is 15.2. The number of thiazole rings is 1. The molecule has 7 nitrogen and oxygen atoms in total. The van der Waals surface area contributed by atoms with Crippen LogP contribution in [0.25, 0.3) is 10.6 Å². The van der Waals surface area contributed by atoms with Crippen LogP contribution >= 0.6 is 11.3 Å². The second kappa shape index (κ2) is 9.96. The van der Waals surface area contributed by atoms with Gasteiger partial charge in [-0.1, -0.05) is 6.58 Å². The predicted molar refractivity (Wildman–Crippen MR) is 115 cm³/mol. The van der Waals surface area contributed by atoms with Crippen molar-refractivity contribution in [2.45, 2.75) is 25.8 Å². The van der Waals surface area contributed by atoms with E-state index in [-0.39, 0.29) is 5.56 Å². The van der Waals surface area contributed by atoms with Gasteiger partial charge in [0.05, 0.1) is 17.2 Å². The molecule has 0 unspecified atom stereocenters. The SMILES string of the molecule is C=C/C(=C\C=C(/C)NC(=O)c1cnc(N2CC[C@@H](O)C2)c(-c2nccs2)c1)OC(F)(F)F. The number of aliphatic hydroxyl groups is 1. The average Bonchev–Trinajstić information content (AvgIpc) is 3.41. The number of hydrogen-bond donors (Lipinski definition) is 2. The molecule has 0 aromatic carbocycles. The summed E-state index contributed by atoms with van der Waals surface area (Å²) in [6.45, 7) is 5.87. The Hall–Kier alpha value is -3.18. The summed E-state index contributed by atoms with van der Waals surface area (Å²) in [5, 5.41) is 15.0. The van der Waals surface area contributed by atoms with E-state index in [1.54, 1.807) is 12.3 Å². The summed E-state index contributed by atoms with van der Waals surface area (Å²) in [6, 6.07) is 1.66. The Bertz CT molecular complexity index is 1040. The number of alkyl halides is 3. The zero-order valence-corrected chi connectivity index (χ0v) is 17.9. The van der Waals surface area contributed by atoms with Gasteiger partial charge in [-0.05, 0) is 37.6 Å². The number of pyridine rings is 1. The highest BCUT2D eigenvalue weighted by Crippen LogP contribution is 2.33. The van der Waals surface area contributed by atoms with Gasteiger partial charge in [0.2, 0.25) is 0 Å². The number of hydrogen-bond acceptors (Lipinski definition) is 7. The fraction of sp³-hybridized carbons (Fsp3) is 0.286. The van der Waals surface area contributed by atoms with Gasteiger partial charge < -0.3 is 20.1 Å². The maximum absolute atomic E-state index is 12.7. The van der Waals surface area contributed by atoms with Crippen LogP contribution in [0.2, 0.25) is 0 Å². The van der Waals surface area contributed by atoms with Crippen LogP contribution in [0, 0.1) is 0 Å². The van der Waals surface area contributed by atoms with Crippen LogP contribution < -0.4 is 10.2 Å². The molecule has 1 saturated heterocycles. The van der Waals surface area contributed by atoms with Crippen LogP contribution in [-0.2, 0) is 4.74 Å². The van der Waals surface area contributed by atoms with E-state index in [9.17, 15) is 23.1 Å². The number of nitrogens with zero attached hydrogens (tertiary/aromatic N) is 3. The number of nitrogens with one attached hydrogen (secondary N) is 1. The third-order valence-electron chi connectivity index (χ3n) is 4.50. The van der Waals surface area contributed by atoms with Crippen LogP contribution in [0.3, 0.4) is 0 Å². The van der Waals surface area contributed by atoms with E-state index >= 15 is 0 Å². The largest absolute Gasteiger partial charge is 0.573 e. The minimum atomic E-state index is -4.84. The van der Waals surface area contributed by atoms with Gasteiger partial charge in [0.1, 0.15) is 16.6 Å². The normalized spacial score (nSPS) is 17.4. The molecule has 2 N–H and O–H groups in total. The van der Waals surface area contributed by atoms with E-state index in [4.69, 9.17) is 0 Å². The summed E-state index contributed by atoms with van der Waals surface area (Å²) in [7, 11) is 0. The van der Waals surface area contributed by atoms with Gasteiger partial charge in [-0.2, -0.15) is 0 Å². The van der Waals surface area contributed by atoms with Crippen LogP contribution in [0.1, 0.15) is 23.7 Å². The number of aromatic nitrogens is 2. The van der Waals surface area contributed by atoms with Crippen LogP contribution in [0.4, 0.5) is 19.0 Å². The van der Waals surface area contributed by atoms with E-state index in [0.29, 0.717) is 41.6 Å². The van der Waals surface area contributed by atoms with Crippen molar-refractivity contribution in [3.8, 4) is 10.6 Å². The Balaban J connectivity index is 1.81. The summed E-state index contributed by atoms with van der Waals surface area (Å²) in [5.41, 5.74) is 1.21. The first-order valence-corrected chi connectivity index (χ1v) is 10.5. The first-order valence-electron chi connectivity index (χ1n) is 9.57. The summed E-state index contributed by atoms with van der Waals surface area (Å²) < 4.78 is 40.8. The number of ether oxygens (including phenoxy) is 1. The number of carbonyl (C=O) groups is 1. The topological polar surface area (TPSA) is 87.6 Å². The lowest BCUT2D eigenvalue weighted by atomic mass is 10.1. The highest BCUT2D eigenvalue weighted by Gasteiger charge is 2.31. The molecule has 32 heavy (non-hydrogen) atoms. The molecule has 1 amide bonds. The minimum absolute atomic E-state index is 0.255. The number of aliphatic hydroxyl groups excluding tert-OH is 1. The van der Waals surface area contributed by atoms with Crippen molar-refractivity contribution in [1.82, 2.24) is 15.3 Å². The zero-order chi connectivity index (χ0) is 23.3. The van der Waals surface area contributed by atoms with E-state index in [1.165, 1.54) is 30.5 Å². The molecule has 2 aromatic heterocycles. The molecule has 3 rings (SSSR count). The van der Waals surface area contributed by atoms with Crippen molar-refractivity contribution < 1.29 is 27.8 Å². The van der Waals surface area contributed by atoms with Gasteiger partial charge in [-0.3, -0.25) is 4.79 Å². The third-order valence-corrected chi connectivity index (χ3v) is 5.30. The Morgan fingerprint density at radius 2 is 2.19 bits per heavy atom. The lowest BCUT2D eigenvalue weighted by Gasteiger charge is -2.20. The number of amides is 1. The Kier molecular flexibility index (Phi) is 7.31. The van der Waals surface area contributed by atoms with Crippen molar-refractivity contribution in [2.24, 2.45) is 0 Å². The third kappa shape index (κ3) is 6.17. The lowest BCUT2D eigenvalue weighted by molar-refractivity contribution is -0.303. The van der Waals surface area contributed by atoms with E-state index in [0.717, 1.165) is 12.2 Å². The molecule has 1 aliphatic heterocycles. The molecular formula is C21H21F3N4O3S. The first kappa shape index (κ1) is 23.5. The molecule has 0 radical (unpaired) electrons. The molecule has 2 aromatic rings. The van der Waals surface area contributed by atoms with Gasteiger partial charge in [0.25, 0.3) is 5.91 Å². The highest BCUT2D eigenvalue weighted by molar-refractivity contribution is 7.13. The molecule has 0 aliphatic carbocycles. The maximum Gasteiger partial charge on any atom is 0.573 e. The van der Waals surface area contributed by atoms with E-state index in [2.05, 4.69) is 26.6 Å². The number of carbonyl (C=O) groups excluding carboxylic acids is 1. The van der Waals surface area contributed by atoms with Crippen LogP contribution in [0.5, 0.6) is 0 Å². The molecule has 1 fully saturated rings. The molecular weight excluding hydrogens is 445 g/mol. The Morgan fingerprint density at radius 3 is 2.78 bits per heavy atom. The second-order valence-corrected chi connectivity index (χ2v) is 7.84. The van der Waals surface area contributed by atoms with Gasteiger partial charge in [-0.25, -0.2) is 9.97 Å².